The van der Waals surface area contributed by atoms with Crippen LogP contribution in [0, 0.1) is 23.7 Å². The van der Waals surface area contributed by atoms with Crippen molar-refractivity contribution in [2.24, 2.45) is 0 Å². The molecule has 0 amide bonds. The second-order valence-electron chi connectivity index (χ2n) is 18.6. The zero-order chi connectivity index (χ0) is 57.2. The number of hydrogen-bond donors (Lipinski definition) is 3. The average Bonchev–Trinajstić information content (AvgIpc) is 4.35. The fourth-order valence-corrected chi connectivity index (χ4v) is 8.71. The van der Waals surface area contributed by atoms with Crippen LogP contribution in [0.2, 0.25) is 0 Å². The van der Waals surface area contributed by atoms with Gasteiger partial charge in [-0.3, -0.25) is 29.1 Å². The molecule has 9 rings (SSSR count). The van der Waals surface area contributed by atoms with Crippen molar-refractivity contribution in [2.75, 3.05) is 60.4 Å². The zero-order valence-electron chi connectivity index (χ0n) is 45.1. The van der Waals surface area contributed by atoms with E-state index in [0.29, 0.717) is 19.6 Å². The van der Waals surface area contributed by atoms with E-state index in [-0.39, 0.29) is 19.6 Å². The maximum absolute atomic E-state index is 10.9. The fraction of sp³-hybridized carbons (Fsp3) is 0.132. The number of allylic oxidation sites excluding steroid dienone is 2. The normalized spacial score (nSPS) is 11.4. The third-order valence-electron chi connectivity index (χ3n) is 12.2. The SMILES string of the molecule is CN(C/C=C(/C#Cc1ccc(-c2ccoc2)cc1)c1ccccc1)CC(=O)O.CN(C/C=C(/C#Cc1ccc(-c2ccoc2)cc1)c1ccccc1)CC(=O)O.CN(C/C=C(/c1ccc(-c2ccco2)cc1)c1ccsc1)CC(=O)O. The number of aliphatic carboxylic acids is 3. The van der Waals surface area contributed by atoms with Crippen LogP contribution in [0.4, 0.5) is 0 Å². The highest BCUT2D eigenvalue weighted by atomic mass is 32.1. The first-order valence-corrected chi connectivity index (χ1v) is 26.7. The summed E-state index contributed by atoms with van der Waals surface area (Å²) in [5.41, 5.74) is 14.2. The Labute approximate surface area is 476 Å². The Bertz CT molecular complexity index is 3420. The molecule has 0 aliphatic rings. The van der Waals surface area contributed by atoms with Crippen molar-refractivity contribution in [2.45, 2.75) is 0 Å². The smallest absolute Gasteiger partial charge is 0.317 e. The maximum atomic E-state index is 10.9. The Morgan fingerprint density at radius 1 is 0.457 bits per heavy atom. The lowest BCUT2D eigenvalue weighted by Crippen LogP contribution is -2.25. The maximum Gasteiger partial charge on any atom is 0.317 e. The summed E-state index contributed by atoms with van der Waals surface area (Å²) in [6.07, 6.45) is 14.4. The molecule has 0 aliphatic carbocycles. The molecule has 5 aromatic carbocycles. The molecule has 81 heavy (non-hydrogen) atoms. The van der Waals surface area contributed by atoms with Gasteiger partial charge in [-0.05, 0) is 125 Å². The first-order chi connectivity index (χ1) is 39.4. The van der Waals surface area contributed by atoms with Gasteiger partial charge in [0.15, 0.2) is 0 Å². The summed E-state index contributed by atoms with van der Waals surface area (Å²) in [6, 6.07) is 53.7. The van der Waals surface area contributed by atoms with Crippen LogP contribution in [0.3, 0.4) is 0 Å². The lowest BCUT2D eigenvalue weighted by molar-refractivity contribution is -0.138. The topological polar surface area (TPSA) is 161 Å². The van der Waals surface area contributed by atoms with E-state index in [1.165, 1.54) is 0 Å². The average molecular weight is 1100 g/mol. The number of hydrogen-bond acceptors (Lipinski definition) is 10. The Hall–Kier alpha value is -9.73. The van der Waals surface area contributed by atoms with Crippen LogP contribution in [0.5, 0.6) is 0 Å². The molecule has 3 N–H and O–H groups in total. The van der Waals surface area contributed by atoms with Gasteiger partial charge in [-0.25, -0.2) is 0 Å². The van der Waals surface area contributed by atoms with Gasteiger partial charge in [-0.15, -0.1) is 0 Å². The summed E-state index contributed by atoms with van der Waals surface area (Å²) >= 11 is 1.65. The summed E-state index contributed by atoms with van der Waals surface area (Å²) < 4.78 is 15.7. The second-order valence-corrected chi connectivity index (χ2v) is 19.4. The molecule has 0 atom stereocenters. The van der Waals surface area contributed by atoms with Gasteiger partial charge in [0.05, 0.1) is 51.0 Å². The van der Waals surface area contributed by atoms with Crippen LogP contribution < -0.4 is 0 Å². The van der Waals surface area contributed by atoms with Crippen LogP contribution in [-0.4, -0.2) is 108 Å². The Morgan fingerprint density at radius 3 is 1.28 bits per heavy atom. The third-order valence-corrected chi connectivity index (χ3v) is 12.9. The van der Waals surface area contributed by atoms with E-state index >= 15 is 0 Å². The van der Waals surface area contributed by atoms with Crippen LogP contribution in [0.15, 0.2) is 237 Å². The van der Waals surface area contributed by atoms with Gasteiger partial charge >= 0.3 is 17.9 Å². The highest BCUT2D eigenvalue weighted by Gasteiger charge is 2.11. The molecule has 9 aromatic rings. The van der Waals surface area contributed by atoms with Crippen molar-refractivity contribution in [1.29, 1.82) is 0 Å². The molecule has 0 unspecified atom stereocenters. The summed E-state index contributed by atoms with van der Waals surface area (Å²) in [7, 11) is 5.35. The molecule has 4 aromatic heterocycles. The number of furan rings is 3. The minimum Gasteiger partial charge on any atom is -0.480 e. The summed E-state index contributed by atoms with van der Waals surface area (Å²) in [5, 5.41) is 30.9. The standard InChI is InChI=1S/2C24H21NO3.C20H19NO3S/c2*1-25(17-24(26)27)15-13-22(20-5-3-2-4-6-20)12-9-19-7-10-21(11-8-19)23-14-16-28-18-23;1-21(13-20(22)23)10-8-18(17-9-12-25-14-17)15-4-6-16(7-5-15)19-3-2-11-24-19/h2*2-8,10-11,13-14,16,18H,15,17H2,1H3,(H,26,27);2-9,11-12,14H,10,13H2,1H3,(H,22,23)/b2*22-13-;18-8-. The van der Waals surface area contributed by atoms with Crippen LogP contribution in [0.1, 0.15) is 33.4 Å². The number of thiophene rings is 1. The molecule has 4 heterocycles. The quantitative estimate of drug-likeness (QED) is 0.0659. The minimum absolute atomic E-state index is 0.0124. The van der Waals surface area contributed by atoms with Crippen molar-refractivity contribution in [3.05, 3.63) is 257 Å². The second kappa shape index (κ2) is 31.0. The number of benzene rings is 5. The van der Waals surface area contributed by atoms with E-state index in [2.05, 4.69) is 53.3 Å². The van der Waals surface area contributed by atoms with E-state index in [4.69, 9.17) is 28.6 Å². The lowest BCUT2D eigenvalue weighted by Gasteiger charge is -2.13. The van der Waals surface area contributed by atoms with Gasteiger partial charge in [0.2, 0.25) is 0 Å². The van der Waals surface area contributed by atoms with Gasteiger partial charge in [-0.2, -0.15) is 11.3 Å². The predicted molar refractivity (Wildman–Crippen MR) is 322 cm³/mol. The van der Waals surface area contributed by atoms with E-state index in [0.717, 1.165) is 83.7 Å². The Balaban J connectivity index is 0.000000176. The Kier molecular flexibility index (Phi) is 22.6. The molecular formula is C68H61N3O9S. The number of carboxylic acids is 3. The molecule has 0 radical (unpaired) electrons. The molecular weight excluding hydrogens is 1030 g/mol. The fourth-order valence-electron chi connectivity index (χ4n) is 8.05. The van der Waals surface area contributed by atoms with Crippen LogP contribution in [-0.2, 0) is 14.4 Å². The van der Waals surface area contributed by atoms with E-state index in [1.54, 1.807) is 78.5 Å². The van der Waals surface area contributed by atoms with Crippen LogP contribution >= 0.6 is 11.3 Å². The number of nitrogens with zero attached hydrogens (tertiary/aromatic N) is 3. The molecule has 408 valence electrons. The zero-order valence-corrected chi connectivity index (χ0v) is 46.0. The number of likely N-dealkylation sites (N-methyl/N-ethyl adjacent to an activating group) is 3. The van der Waals surface area contributed by atoms with Crippen molar-refractivity contribution < 1.29 is 43.0 Å². The molecule has 0 fully saturated rings. The van der Waals surface area contributed by atoms with Gasteiger partial charge in [-0.1, -0.05) is 151 Å². The summed E-state index contributed by atoms with van der Waals surface area (Å²) in [6.45, 7) is 1.57. The first-order valence-electron chi connectivity index (χ1n) is 25.8. The van der Waals surface area contributed by atoms with Gasteiger partial charge in [0, 0.05) is 58.6 Å². The van der Waals surface area contributed by atoms with Crippen molar-refractivity contribution in [3.8, 4) is 57.3 Å². The van der Waals surface area contributed by atoms with Crippen molar-refractivity contribution in [3.63, 3.8) is 0 Å². The number of carbonyl (C=O) groups is 3. The van der Waals surface area contributed by atoms with E-state index in [1.807, 2.05) is 163 Å². The molecule has 0 aliphatic heterocycles. The van der Waals surface area contributed by atoms with Gasteiger partial charge in [0.25, 0.3) is 0 Å². The minimum atomic E-state index is -0.846. The molecule has 12 nitrogen and oxygen atoms in total. The van der Waals surface area contributed by atoms with E-state index < -0.39 is 17.9 Å². The highest BCUT2D eigenvalue weighted by Crippen LogP contribution is 2.29. The monoisotopic (exact) mass is 1100 g/mol. The van der Waals surface area contributed by atoms with Crippen molar-refractivity contribution >= 4 is 46.0 Å². The van der Waals surface area contributed by atoms with Crippen LogP contribution in [0.25, 0.3) is 50.3 Å². The van der Waals surface area contributed by atoms with Gasteiger partial charge in [0.1, 0.15) is 5.76 Å². The highest BCUT2D eigenvalue weighted by molar-refractivity contribution is 7.08. The van der Waals surface area contributed by atoms with E-state index in [9.17, 15) is 14.4 Å². The lowest BCUT2D eigenvalue weighted by atomic mass is 9.98. The molecule has 0 spiro atoms. The number of carboxylic acid groups (broad SMARTS) is 3. The summed E-state index contributed by atoms with van der Waals surface area (Å²) in [4.78, 5) is 37.8. The molecule has 0 bridgehead atoms. The summed E-state index contributed by atoms with van der Waals surface area (Å²) in [5.74, 6) is 11.2. The van der Waals surface area contributed by atoms with Crippen molar-refractivity contribution in [1.82, 2.24) is 14.7 Å². The Morgan fingerprint density at radius 2 is 0.901 bits per heavy atom. The predicted octanol–water partition coefficient (Wildman–Crippen LogP) is 13.3. The third kappa shape index (κ3) is 19.6. The van der Waals surface area contributed by atoms with Gasteiger partial charge < -0.3 is 28.6 Å². The molecule has 0 saturated carbocycles. The number of rotatable bonds is 19. The molecule has 0 saturated heterocycles. The largest absolute Gasteiger partial charge is 0.480 e. The molecule has 13 heteroatoms. The first kappa shape index (κ1) is 58.9.